The second kappa shape index (κ2) is 8.04. The molecule has 6 nitrogen and oxygen atoms in total. The molecule has 1 atom stereocenters. The van der Waals surface area contributed by atoms with Crippen molar-refractivity contribution in [1.29, 1.82) is 5.26 Å². The van der Waals surface area contributed by atoms with E-state index in [1.807, 2.05) is 11.9 Å². The largest absolute Gasteiger partial charge is 0.383 e. The lowest BCUT2D eigenvalue weighted by Gasteiger charge is -2.28. The third-order valence-electron chi connectivity index (χ3n) is 4.26. The standard InChI is InChI=1S/C17H24N4O2/c1-13-14(11-18)6-7-16(19-13)17(22)21-8-4-5-15(21)12-20(2)9-10-23-3/h6-7,15H,4-5,8-10,12H2,1-3H3. The van der Waals surface area contributed by atoms with Crippen molar-refractivity contribution in [2.24, 2.45) is 0 Å². The second-order valence-electron chi connectivity index (χ2n) is 5.99. The molecule has 1 aliphatic heterocycles. The highest BCUT2D eigenvalue weighted by Crippen LogP contribution is 2.20. The van der Waals surface area contributed by atoms with Crippen LogP contribution in [0, 0.1) is 18.3 Å². The summed E-state index contributed by atoms with van der Waals surface area (Å²) < 4.78 is 5.10. The van der Waals surface area contributed by atoms with E-state index in [-0.39, 0.29) is 11.9 Å². The van der Waals surface area contributed by atoms with Gasteiger partial charge < -0.3 is 14.5 Å². The number of amides is 1. The Kier molecular flexibility index (Phi) is 6.08. The highest BCUT2D eigenvalue weighted by atomic mass is 16.5. The number of ether oxygens (including phenoxy) is 1. The van der Waals surface area contributed by atoms with Gasteiger partial charge in [0.15, 0.2) is 0 Å². The van der Waals surface area contributed by atoms with Crippen LogP contribution in [-0.4, -0.2) is 67.1 Å². The first kappa shape index (κ1) is 17.4. The second-order valence-corrected chi connectivity index (χ2v) is 5.99. The lowest BCUT2D eigenvalue weighted by atomic mass is 10.1. The van der Waals surface area contributed by atoms with Crippen LogP contribution >= 0.6 is 0 Å². The molecule has 2 heterocycles. The molecule has 23 heavy (non-hydrogen) atoms. The first-order valence-corrected chi connectivity index (χ1v) is 7.93. The number of hydrogen-bond acceptors (Lipinski definition) is 5. The zero-order chi connectivity index (χ0) is 16.8. The van der Waals surface area contributed by atoms with Crippen molar-refractivity contribution in [3.8, 4) is 6.07 Å². The summed E-state index contributed by atoms with van der Waals surface area (Å²) in [6.07, 6.45) is 2.03. The number of hydrogen-bond donors (Lipinski definition) is 0. The van der Waals surface area contributed by atoms with Gasteiger partial charge in [0, 0.05) is 32.8 Å². The third kappa shape index (κ3) is 4.27. The Hall–Kier alpha value is -1.97. The molecule has 1 saturated heterocycles. The highest BCUT2D eigenvalue weighted by molar-refractivity contribution is 5.92. The predicted octanol–water partition coefficient (Wildman–Crippen LogP) is 1.44. The Morgan fingerprint density at radius 3 is 3.00 bits per heavy atom. The fourth-order valence-electron chi connectivity index (χ4n) is 2.94. The van der Waals surface area contributed by atoms with Gasteiger partial charge in [-0.1, -0.05) is 0 Å². The van der Waals surface area contributed by atoms with Crippen LogP contribution in [0.1, 0.15) is 34.6 Å². The number of aromatic nitrogens is 1. The highest BCUT2D eigenvalue weighted by Gasteiger charge is 2.30. The number of nitrogens with zero attached hydrogens (tertiary/aromatic N) is 4. The van der Waals surface area contributed by atoms with Crippen LogP contribution in [0.4, 0.5) is 0 Å². The molecule has 0 radical (unpaired) electrons. The quantitative estimate of drug-likeness (QED) is 0.794. The van der Waals surface area contributed by atoms with E-state index in [1.54, 1.807) is 26.2 Å². The zero-order valence-corrected chi connectivity index (χ0v) is 14.1. The molecule has 1 aromatic heterocycles. The van der Waals surface area contributed by atoms with Crippen molar-refractivity contribution in [2.45, 2.75) is 25.8 Å². The van der Waals surface area contributed by atoms with Crippen LogP contribution in [0.2, 0.25) is 0 Å². The number of rotatable bonds is 6. The van der Waals surface area contributed by atoms with Crippen LogP contribution < -0.4 is 0 Å². The van der Waals surface area contributed by atoms with Crippen molar-refractivity contribution >= 4 is 5.91 Å². The zero-order valence-electron chi connectivity index (χ0n) is 14.1. The van der Waals surface area contributed by atoms with Gasteiger partial charge in [-0.3, -0.25) is 4.79 Å². The third-order valence-corrected chi connectivity index (χ3v) is 4.26. The maximum absolute atomic E-state index is 12.7. The molecule has 0 bridgehead atoms. The minimum atomic E-state index is -0.0415. The van der Waals surface area contributed by atoms with Crippen LogP contribution in [0.25, 0.3) is 0 Å². The average molecular weight is 316 g/mol. The van der Waals surface area contributed by atoms with Gasteiger partial charge >= 0.3 is 0 Å². The Bertz CT molecular complexity index is 597. The minimum absolute atomic E-state index is 0.0415. The summed E-state index contributed by atoms with van der Waals surface area (Å²) in [5.41, 5.74) is 1.54. The molecule has 2 rings (SSSR count). The molecule has 1 amide bonds. The summed E-state index contributed by atoms with van der Waals surface area (Å²) >= 11 is 0. The number of nitriles is 1. The first-order chi connectivity index (χ1) is 11.1. The number of methoxy groups -OCH3 is 1. The molecule has 1 unspecified atom stereocenters. The minimum Gasteiger partial charge on any atom is -0.383 e. The van der Waals surface area contributed by atoms with Crippen molar-refractivity contribution in [2.75, 3.05) is 40.4 Å². The molecule has 0 N–H and O–H groups in total. The SMILES string of the molecule is COCCN(C)CC1CCCN1C(=O)c1ccc(C#N)c(C)n1. The van der Waals surface area contributed by atoms with Gasteiger partial charge in [-0.05, 0) is 38.9 Å². The Labute approximate surface area is 137 Å². The van der Waals surface area contributed by atoms with Crippen LogP contribution in [0.15, 0.2) is 12.1 Å². The molecule has 1 aromatic rings. The predicted molar refractivity (Wildman–Crippen MR) is 87.1 cm³/mol. The first-order valence-electron chi connectivity index (χ1n) is 7.93. The van der Waals surface area contributed by atoms with Gasteiger partial charge in [-0.2, -0.15) is 5.26 Å². The summed E-state index contributed by atoms with van der Waals surface area (Å²) in [5.74, 6) is -0.0415. The van der Waals surface area contributed by atoms with Crippen LogP contribution in [-0.2, 0) is 4.74 Å². The van der Waals surface area contributed by atoms with Crippen molar-refractivity contribution < 1.29 is 9.53 Å². The fraction of sp³-hybridized carbons (Fsp3) is 0.588. The molecule has 0 aromatic carbocycles. The summed E-state index contributed by atoms with van der Waals surface area (Å²) in [7, 11) is 3.74. The van der Waals surface area contributed by atoms with E-state index in [0.29, 0.717) is 23.6 Å². The maximum atomic E-state index is 12.7. The van der Waals surface area contributed by atoms with E-state index in [4.69, 9.17) is 10.00 Å². The lowest BCUT2D eigenvalue weighted by Crippen LogP contribution is -2.43. The van der Waals surface area contributed by atoms with E-state index in [2.05, 4.69) is 16.0 Å². The average Bonchev–Trinajstić information content (AvgIpc) is 3.00. The van der Waals surface area contributed by atoms with E-state index in [1.165, 1.54) is 0 Å². The fourth-order valence-corrected chi connectivity index (χ4v) is 2.94. The van der Waals surface area contributed by atoms with E-state index < -0.39 is 0 Å². The lowest BCUT2D eigenvalue weighted by molar-refractivity contribution is 0.0692. The van der Waals surface area contributed by atoms with Gasteiger partial charge in [0.25, 0.3) is 5.91 Å². The smallest absolute Gasteiger partial charge is 0.272 e. The summed E-state index contributed by atoms with van der Waals surface area (Å²) in [5, 5.41) is 8.97. The van der Waals surface area contributed by atoms with Crippen molar-refractivity contribution in [1.82, 2.24) is 14.8 Å². The van der Waals surface area contributed by atoms with Crippen molar-refractivity contribution in [3.63, 3.8) is 0 Å². The van der Waals surface area contributed by atoms with Gasteiger partial charge in [0.05, 0.1) is 17.9 Å². The van der Waals surface area contributed by atoms with E-state index in [9.17, 15) is 4.79 Å². The summed E-state index contributed by atoms with van der Waals surface area (Å²) in [4.78, 5) is 21.2. The van der Waals surface area contributed by atoms with Gasteiger partial charge in [0.1, 0.15) is 11.8 Å². The van der Waals surface area contributed by atoms with Gasteiger partial charge in [-0.25, -0.2) is 4.98 Å². The topological polar surface area (TPSA) is 69.5 Å². The molecule has 6 heteroatoms. The number of likely N-dealkylation sites (N-methyl/N-ethyl adjacent to an activating group) is 1. The number of carbonyl (C=O) groups excluding carboxylic acids is 1. The number of carbonyl (C=O) groups is 1. The molecule has 1 fully saturated rings. The molecule has 0 spiro atoms. The van der Waals surface area contributed by atoms with Gasteiger partial charge in [0.2, 0.25) is 0 Å². The van der Waals surface area contributed by atoms with Crippen LogP contribution in [0.3, 0.4) is 0 Å². The van der Waals surface area contributed by atoms with E-state index in [0.717, 1.165) is 32.5 Å². The monoisotopic (exact) mass is 316 g/mol. The molecule has 0 saturated carbocycles. The van der Waals surface area contributed by atoms with Crippen molar-refractivity contribution in [3.05, 3.63) is 29.1 Å². The Morgan fingerprint density at radius 1 is 1.57 bits per heavy atom. The number of aryl methyl sites for hydroxylation is 1. The molecular weight excluding hydrogens is 292 g/mol. The Morgan fingerprint density at radius 2 is 2.35 bits per heavy atom. The molecule has 0 aliphatic carbocycles. The summed E-state index contributed by atoms with van der Waals surface area (Å²) in [6.45, 7) is 4.90. The van der Waals surface area contributed by atoms with E-state index >= 15 is 0 Å². The number of pyridine rings is 1. The molecule has 124 valence electrons. The number of likely N-dealkylation sites (tertiary alicyclic amines) is 1. The molecular formula is C17H24N4O2. The van der Waals surface area contributed by atoms with Crippen LogP contribution in [0.5, 0.6) is 0 Å². The molecule has 1 aliphatic rings. The Balaban J connectivity index is 2.05. The summed E-state index contributed by atoms with van der Waals surface area (Å²) in [6, 6.07) is 5.61. The normalized spacial score (nSPS) is 17.5. The van der Waals surface area contributed by atoms with Gasteiger partial charge in [-0.15, -0.1) is 0 Å². The maximum Gasteiger partial charge on any atom is 0.272 e.